The summed E-state index contributed by atoms with van der Waals surface area (Å²) in [6.07, 6.45) is 0.874. The van der Waals surface area contributed by atoms with Gasteiger partial charge in [-0.1, -0.05) is 18.2 Å². The summed E-state index contributed by atoms with van der Waals surface area (Å²) in [4.78, 5) is 11.4. The summed E-state index contributed by atoms with van der Waals surface area (Å²) >= 11 is 0. The third-order valence-corrected chi connectivity index (χ3v) is 2.66. The quantitative estimate of drug-likeness (QED) is 0.791. The van der Waals surface area contributed by atoms with Gasteiger partial charge in [0.2, 0.25) is 5.91 Å². The van der Waals surface area contributed by atoms with E-state index in [-0.39, 0.29) is 18.6 Å². The van der Waals surface area contributed by atoms with Gasteiger partial charge in [-0.2, -0.15) is 0 Å². The molecular formula is C12H16N2O2. The molecule has 1 atom stereocenters. The Morgan fingerprint density at radius 1 is 1.56 bits per heavy atom. The summed E-state index contributed by atoms with van der Waals surface area (Å²) in [5.41, 5.74) is 2.41. The van der Waals surface area contributed by atoms with Crippen LogP contribution in [0.4, 0.5) is 5.69 Å². The monoisotopic (exact) mass is 220 g/mol. The molecule has 4 nitrogen and oxygen atoms in total. The van der Waals surface area contributed by atoms with Gasteiger partial charge in [0.1, 0.15) is 6.61 Å². The first-order valence-electron chi connectivity index (χ1n) is 5.39. The molecule has 1 aromatic carbocycles. The number of methoxy groups -OCH3 is 1. The number of carbonyl (C=O) groups excluding carboxylic acids is 1. The first-order chi connectivity index (χ1) is 7.79. The van der Waals surface area contributed by atoms with Crippen molar-refractivity contribution in [1.29, 1.82) is 0 Å². The van der Waals surface area contributed by atoms with Crippen molar-refractivity contribution in [2.45, 2.75) is 12.5 Å². The van der Waals surface area contributed by atoms with Crippen LogP contribution in [0.15, 0.2) is 24.3 Å². The summed E-state index contributed by atoms with van der Waals surface area (Å²) in [6.45, 7) is 0.893. The Balaban J connectivity index is 1.95. The molecule has 4 heteroatoms. The van der Waals surface area contributed by atoms with E-state index in [0.29, 0.717) is 0 Å². The second-order valence-electron chi connectivity index (χ2n) is 3.94. The molecule has 1 aliphatic heterocycles. The van der Waals surface area contributed by atoms with Crippen LogP contribution in [0.25, 0.3) is 0 Å². The maximum absolute atomic E-state index is 11.4. The molecule has 16 heavy (non-hydrogen) atoms. The predicted molar refractivity (Wildman–Crippen MR) is 62.4 cm³/mol. The van der Waals surface area contributed by atoms with Crippen molar-refractivity contribution in [1.82, 2.24) is 5.32 Å². The normalized spacial score (nSPS) is 18.4. The van der Waals surface area contributed by atoms with Gasteiger partial charge in [0.25, 0.3) is 0 Å². The molecule has 0 saturated carbocycles. The lowest BCUT2D eigenvalue weighted by Crippen LogP contribution is -2.44. The molecule has 0 spiro atoms. The summed E-state index contributed by atoms with van der Waals surface area (Å²) in [6, 6.07) is 8.31. The Labute approximate surface area is 95.0 Å². The minimum absolute atomic E-state index is 0.0614. The van der Waals surface area contributed by atoms with Gasteiger partial charge in [0.15, 0.2) is 0 Å². The van der Waals surface area contributed by atoms with Gasteiger partial charge in [-0.25, -0.2) is 0 Å². The van der Waals surface area contributed by atoms with Crippen LogP contribution >= 0.6 is 0 Å². The Morgan fingerprint density at radius 3 is 3.19 bits per heavy atom. The van der Waals surface area contributed by atoms with Crippen LogP contribution in [0.5, 0.6) is 0 Å². The van der Waals surface area contributed by atoms with E-state index in [0.717, 1.165) is 13.0 Å². The minimum Gasteiger partial charge on any atom is -0.383 e. The van der Waals surface area contributed by atoms with E-state index in [1.165, 1.54) is 18.4 Å². The van der Waals surface area contributed by atoms with E-state index < -0.39 is 0 Å². The molecule has 2 N–H and O–H groups in total. The van der Waals surface area contributed by atoms with Crippen molar-refractivity contribution in [2.24, 2.45) is 0 Å². The number of nitrogens with one attached hydrogen (secondary N) is 2. The van der Waals surface area contributed by atoms with Crippen LogP contribution in [-0.2, 0) is 16.0 Å². The standard InChI is InChI=1S/C12H16N2O2/c1-16-8-12(15)14-10-6-9-4-2-3-5-11(9)13-7-10/h2-5,10,13H,6-8H2,1H3,(H,14,15)/t10-/m1/s1. The van der Waals surface area contributed by atoms with Gasteiger partial charge in [-0.15, -0.1) is 0 Å². The fraction of sp³-hybridized carbons (Fsp3) is 0.417. The summed E-state index contributed by atoms with van der Waals surface area (Å²) in [5, 5.41) is 6.24. The highest BCUT2D eigenvalue weighted by Gasteiger charge is 2.18. The molecule has 86 valence electrons. The Hall–Kier alpha value is -1.55. The van der Waals surface area contributed by atoms with Crippen molar-refractivity contribution in [3.8, 4) is 0 Å². The molecule has 0 bridgehead atoms. The fourth-order valence-corrected chi connectivity index (χ4v) is 1.94. The number of rotatable bonds is 3. The first kappa shape index (κ1) is 11.0. The lowest BCUT2D eigenvalue weighted by molar-refractivity contribution is -0.125. The maximum atomic E-state index is 11.4. The number of benzene rings is 1. The van der Waals surface area contributed by atoms with E-state index in [9.17, 15) is 4.79 Å². The van der Waals surface area contributed by atoms with Crippen LogP contribution in [0.2, 0.25) is 0 Å². The van der Waals surface area contributed by atoms with Crippen molar-refractivity contribution < 1.29 is 9.53 Å². The van der Waals surface area contributed by atoms with E-state index in [1.54, 1.807) is 0 Å². The van der Waals surface area contributed by atoms with Crippen LogP contribution in [0.1, 0.15) is 5.56 Å². The molecule has 0 radical (unpaired) electrons. The molecule has 1 aliphatic rings. The number of para-hydroxylation sites is 1. The smallest absolute Gasteiger partial charge is 0.246 e. The lowest BCUT2D eigenvalue weighted by Gasteiger charge is -2.26. The minimum atomic E-state index is -0.0614. The molecule has 2 rings (SSSR count). The van der Waals surface area contributed by atoms with Crippen molar-refractivity contribution in [2.75, 3.05) is 25.6 Å². The van der Waals surface area contributed by atoms with Crippen molar-refractivity contribution in [3.05, 3.63) is 29.8 Å². The molecule has 0 fully saturated rings. The molecule has 1 aromatic rings. The van der Waals surface area contributed by atoms with Gasteiger partial charge in [0, 0.05) is 19.3 Å². The molecule has 0 unspecified atom stereocenters. The lowest BCUT2D eigenvalue weighted by atomic mass is 10.00. The third kappa shape index (κ3) is 2.52. The number of carbonyl (C=O) groups is 1. The van der Waals surface area contributed by atoms with Gasteiger partial charge >= 0.3 is 0 Å². The van der Waals surface area contributed by atoms with Gasteiger partial charge in [-0.3, -0.25) is 4.79 Å². The number of ether oxygens (including phenoxy) is 1. The Kier molecular flexibility index (Phi) is 3.41. The summed E-state index contributed by atoms with van der Waals surface area (Å²) in [7, 11) is 1.52. The predicted octanol–water partition coefficient (Wildman–Crippen LogP) is 0.786. The van der Waals surface area contributed by atoms with Crippen LogP contribution in [0.3, 0.4) is 0 Å². The number of amides is 1. The average Bonchev–Trinajstić information content (AvgIpc) is 2.29. The number of anilines is 1. The molecule has 0 aliphatic carbocycles. The Morgan fingerprint density at radius 2 is 2.38 bits per heavy atom. The molecular weight excluding hydrogens is 204 g/mol. The van der Waals surface area contributed by atoms with Gasteiger partial charge in [0.05, 0.1) is 6.04 Å². The van der Waals surface area contributed by atoms with E-state index in [1.807, 2.05) is 12.1 Å². The topological polar surface area (TPSA) is 50.4 Å². The second-order valence-corrected chi connectivity index (χ2v) is 3.94. The largest absolute Gasteiger partial charge is 0.383 e. The zero-order valence-electron chi connectivity index (χ0n) is 9.32. The maximum Gasteiger partial charge on any atom is 0.246 e. The number of fused-ring (bicyclic) bond motifs is 1. The number of hydrogen-bond donors (Lipinski definition) is 2. The third-order valence-electron chi connectivity index (χ3n) is 2.66. The van der Waals surface area contributed by atoms with E-state index in [2.05, 4.69) is 22.8 Å². The number of hydrogen-bond acceptors (Lipinski definition) is 3. The Bertz CT molecular complexity index is 379. The SMILES string of the molecule is COCC(=O)N[C@H]1CNc2ccccc2C1. The highest BCUT2D eigenvalue weighted by molar-refractivity contribution is 5.77. The average molecular weight is 220 g/mol. The summed E-state index contributed by atoms with van der Waals surface area (Å²) < 4.78 is 4.78. The zero-order chi connectivity index (χ0) is 11.4. The van der Waals surface area contributed by atoms with Crippen molar-refractivity contribution in [3.63, 3.8) is 0 Å². The highest BCUT2D eigenvalue weighted by Crippen LogP contribution is 2.20. The van der Waals surface area contributed by atoms with E-state index in [4.69, 9.17) is 4.74 Å². The molecule has 1 heterocycles. The first-order valence-corrected chi connectivity index (χ1v) is 5.39. The van der Waals surface area contributed by atoms with Crippen LogP contribution in [0, 0.1) is 0 Å². The van der Waals surface area contributed by atoms with E-state index >= 15 is 0 Å². The zero-order valence-corrected chi connectivity index (χ0v) is 9.32. The summed E-state index contributed by atoms with van der Waals surface area (Å²) in [5.74, 6) is -0.0614. The van der Waals surface area contributed by atoms with Crippen LogP contribution in [-0.4, -0.2) is 32.2 Å². The van der Waals surface area contributed by atoms with Crippen molar-refractivity contribution >= 4 is 11.6 Å². The van der Waals surface area contributed by atoms with Crippen LogP contribution < -0.4 is 10.6 Å². The van der Waals surface area contributed by atoms with Gasteiger partial charge in [-0.05, 0) is 18.1 Å². The molecule has 0 saturated heterocycles. The molecule has 0 aromatic heterocycles. The second kappa shape index (κ2) is 4.99. The van der Waals surface area contributed by atoms with Gasteiger partial charge < -0.3 is 15.4 Å². The fourth-order valence-electron chi connectivity index (χ4n) is 1.94. The molecule has 1 amide bonds. The highest BCUT2D eigenvalue weighted by atomic mass is 16.5.